The highest BCUT2D eigenvalue weighted by Crippen LogP contribution is 2.24. The number of aromatic nitrogens is 1. The third kappa shape index (κ3) is 7.21. The summed E-state index contributed by atoms with van der Waals surface area (Å²) in [7, 11) is 0. The summed E-state index contributed by atoms with van der Waals surface area (Å²) in [4.78, 5) is 14.7. The van der Waals surface area contributed by atoms with Gasteiger partial charge in [-0.3, -0.25) is 9.89 Å². The number of guanidine groups is 1. The second-order valence-corrected chi connectivity index (χ2v) is 8.03. The number of alkyl halides is 3. The summed E-state index contributed by atoms with van der Waals surface area (Å²) in [5.41, 5.74) is 6.13. The standard InChI is InChI=1S/C17H27F3N6S.HI/c18-17(19,20)13-24-6-2-14(3-7-24)1-4-22-15(21)25-8-10-26(11-9-25)16-23-5-12-27-16;/h5,12,14H,1-4,6-11,13H2,(H2,21,22);1H. The summed E-state index contributed by atoms with van der Waals surface area (Å²) < 4.78 is 37.3. The highest BCUT2D eigenvalue weighted by Gasteiger charge is 2.32. The first kappa shape index (κ1) is 23.5. The van der Waals surface area contributed by atoms with Crippen molar-refractivity contribution in [1.29, 1.82) is 0 Å². The van der Waals surface area contributed by atoms with E-state index < -0.39 is 12.7 Å². The molecular weight excluding hydrogens is 504 g/mol. The van der Waals surface area contributed by atoms with Crippen LogP contribution in [0.15, 0.2) is 16.6 Å². The third-order valence-electron chi connectivity index (χ3n) is 5.21. The van der Waals surface area contributed by atoms with Crippen LogP contribution >= 0.6 is 35.3 Å². The van der Waals surface area contributed by atoms with Gasteiger partial charge in [-0.05, 0) is 38.3 Å². The zero-order valence-electron chi connectivity index (χ0n) is 15.8. The highest BCUT2D eigenvalue weighted by molar-refractivity contribution is 14.0. The molecule has 1 aromatic rings. The first-order chi connectivity index (χ1) is 12.9. The summed E-state index contributed by atoms with van der Waals surface area (Å²) in [5.74, 6) is 1.01. The van der Waals surface area contributed by atoms with E-state index in [1.807, 2.05) is 11.6 Å². The number of aliphatic imine (C=N–C) groups is 1. The molecule has 1 aromatic heterocycles. The predicted molar refractivity (Wildman–Crippen MR) is 118 cm³/mol. The molecule has 2 aliphatic rings. The van der Waals surface area contributed by atoms with Crippen LogP contribution < -0.4 is 10.6 Å². The first-order valence-corrected chi connectivity index (χ1v) is 10.3. The van der Waals surface area contributed by atoms with Crippen molar-refractivity contribution in [3.05, 3.63) is 11.6 Å². The number of thiazole rings is 1. The Kier molecular flexibility index (Phi) is 9.06. The lowest BCUT2D eigenvalue weighted by Crippen LogP contribution is -2.51. The van der Waals surface area contributed by atoms with E-state index in [1.54, 1.807) is 11.3 Å². The van der Waals surface area contributed by atoms with E-state index in [-0.39, 0.29) is 24.0 Å². The molecule has 28 heavy (non-hydrogen) atoms. The summed E-state index contributed by atoms with van der Waals surface area (Å²) >= 11 is 1.64. The van der Waals surface area contributed by atoms with Crippen LogP contribution in [-0.4, -0.2) is 79.3 Å². The second kappa shape index (κ2) is 10.8. The Balaban J connectivity index is 0.00000280. The van der Waals surface area contributed by atoms with Crippen LogP contribution in [0.4, 0.5) is 18.3 Å². The van der Waals surface area contributed by atoms with Gasteiger partial charge in [-0.25, -0.2) is 4.98 Å². The molecule has 0 radical (unpaired) electrons. The molecule has 3 rings (SSSR count). The predicted octanol–water partition coefficient (Wildman–Crippen LogP) is 2.86. The third-order valence-corrected chi connectivity index (χ3v) is 6.05. The fourth-order valence-corrected chi connectivity index (χ4v) is 4.34. The molecule has 2 aliphatic heterocycles. The monoisotopic (exact) mass is 532 g/mol. The molecule has 11 heteroatoms. The van der Waals surface area contributed by atoms with Crippen LogP contribution in [0.1, 0.15) is 19.3 Å². The maximum atomic E-state index is 12.4. The maximum absolute atomic E-state index is 12.4. The van der Waals surface area contributed by atoms with Crippen molar-refractivity contribution in [3.8, 4) is 0 Å². The minimum absolute atomic E-state index is 0. The molecule has 0 aromatic carbocycles. The molecule has 2 N–H and O–H groups in total. The largest absolute Gasteiger partial charge is 0.401 e. The molecule has 3 heterocycles. The lowest BCUT2D eigenvalue weighted by atomic mass is 9.93. The smallest absolute Gasteiger partial charge is 0.370 e. The molecule has 0 bridgehead atoms. The van der Waals surface area contributed by atoms with E-state index >= 15 is 0 Å². The SMILES string of the molecule is I.NC(=NCCC1CCN(CC(F)(F)F)CC1)N1CCN(c2nccs2)CC1. The number of piperidine rings is 1. The van der Waals surface area contributed by atoms with Crippen LogP contribution in [-0.2, 0) is 0 Å². The van der Waals surface area contributed by atoms with Crippen molar-refractivity contribution < 1.29 is 13.2 Å². The van der Waals surface area contributed by atoms with E-state index in [0.717, 1.165) is 50.6 Å². The summed E-state index contributed by atoms with van der Waals surface area (Å²) in [6.45, 7) is 4.28. The Morgan fingerprint density at radius 2 is 1.86 bits per heavy atom. The number of nitrogens with zero attached hydrogens (tertiary/aromatic N) is 5. The Morgan fingerprint density at radius 1 is 1.18 bits per heavy atom. The average molecular weight is 532 g/mol. The van der Waals surface area contributed by atoms with Crippen molar-refractivity contribution in [2.24, 2.45) is 16.6 Å². The zero-order valence-corrected chi connectivity index (χ0v) is 18.9. The minimum Gasteiger partial charge on any atom is -0.370 e. The number of likely N-dealkylation sites (tertiary alicyclic amines) is 1. The normalized spacial score (nSPS) is 20.3. The fourth-order valence-electron chi connectivity index (χ4n) is 3.65. The highest BCUT2D eigenvalue weighted by atomic mass is 127. The van der Waals surface area contributed by atoms with E-state index in [4.69, 9.17) is 5.73 Å². The quantitative estimate of drug-likeness (QED) is 0.359. The Hall–Kier alpha value is -0.820. The Labute approximate surface area is 185 Å². The van der Waals surface area contributed by atoms with Crippen molar-refractivity contribution in [2.75, 3.05) is 57.3 Å². The van der Waals surface area contributed by atoms with Gasteiger partial charge < -0.3 is 15.5 Å². The minimum atomic E-state index is -4.10. The van der Waals surface area contributed by atoms with Gasteiger partial charge in [0, 0.05) is 44.3 Å². The van der Waals surface area contributed by atoms with E-state index in [0.29, 0.717) is 31.5 Å². The molecule has 0 unspecified atom stereocenters. The lowest BCUT2D eigenvalue weighted by Gasteiger charge is -2.35. The number of hydrogen-bond donors (Lipinski definition) is 1. The molecular formula is C17H28F3IN6S. The van der Waals surface area contributed by atoms with Crippen molar-refractivity contribution in [1.82, 2.24) is 14.8 Å². The van der Waals surface area contributed by atoms with Crippen LogP contribution in [0.2, 0.25) is 0 Å². The first-order valence-electron chi connectivity index (χ1n) is 9.39. The molecule has 0 saturated carbocycles. The van der Waals surface area contributed by atoms with Gasteiger partial charge in [-0.1, -0.05) is 0 Å². The number of piperazine rings is 1. The van der Waals surface area contributed by atoms with Crippen LogP contribution in [0.3, 0.4) is 0 Å². The number of rotatable bonds is 5. The van der Waals surface area contributed by atoms with Crippen LogP contribution in [0.5, 0.6) is 0 Å². The molecule has 2 saturated heterocycles. The molecule has 0 spiro atoms. The Morgan fingerprint density at radius 3 is 2.43 bits per heavy atom. The summed E-state index contributed by atoms with van der Waals surface area (Å²) in [5, 5.41) is 3.02. The second-order valence-electron chi connectivity index (χ2n) is 7.15. The van der Waals surface area contributed by atoms with Crippen LogP contribution in [0, 0.1) is 5.92 Å². The summed E-state index contributed by atoms with van der Waals surface area (Å²) in [6, 6.07) is 0. The zero-order chi connectivity index (χ0) is 19.3. The van der Waals surface area contributed by atoms with Crippen molar-refractivity contribution in [3.63, 3.8) is 0 Å². The number of halogens is 4. The average Bonchev–Trinajstić information content (AvgIpc) is 3.17. The lowest BCUT2D eigenvalue weighted by molar-refractivity contribution is -0.148. The van der Waals surface area contributed by atoms with E-state index in [1.165, 1.54) is 4.90 Å². The molecule has 2 fully saturated rings. The number of anilines is 1. The van der Waals surface area contributed by atoms with Crippen LogP contribution in [0.25, 0.3) is 0 Å². The van der Waals surface area contributed by atoms with Gasteiger partial charge in [0.1, 0.15) is 0 Å². The van der Waals surface area contributed by atoms with Gasteiger partial charge in [0.15, 0.2) is 11.1 Å². The van der Waals surface area contributed by atoms with Gasteiger partial charge in [-0.2, -0.15) is 13.2 Å². The fraction of sp³-hybridized carbons (Fsp3) is 0.765. The molecule has 0 atom stereocenters. The van der Waals surface area contributed by atoms with Gasteiger partial charge in [0.2, 0.25) is 0 Å². The number of hydrogen-bond acceptors (Lipinski definition) is 5. The Bertz CT molecular complexity index is 597. The van der Waals surface area contributed by atoms with Gasteiger partial charge in [-0.15, -0.1) is 35.3 Å². The topological polar surface area (TPSA) is 61.0 Å². The molecule has 0 aliphatic carbocycles. The number of nitrogens with two attached hydrogens (primary N) is 1. The van der Waals surface area contributed by atoms with E-state index in [2.05, 4.69) is 19.8 Å². The molecule has 0 amide bonds. The maximum Gasteiger partial charge on any atom is 0.401 e. The van der Waals surface area contributed by atoms with Crippen molar-refractivity contribution >= 4 is 46.4 Å². The van der Waals surface area contributed by atoms with Crippen molar-refractivity contribution in [2.45, 2.75) is 25.4 Å². The molecule has 6 nitrogen and oxygen atoms in total. The van der Waals surface area contributed by atoms with Gasteiger partial charge in [0.05, 0.1) is 6.54 Å². The summed E-state index contributed by atoms with van der Waals surface area (Å²) in [6.07, 6.45) is 0.209. The van der Waals surface area contributed by atoms with Gasteiger partial charge in [0.25, 0.3) is 0 Å². The van der Waals surface area contributed by atoms with Gasteiger partial charge >= 0.3 is 6.18 Å². The molecule has 160 valence electrons. The van der Waals surface area contributed by atoms with E-state index in [9.17, 15) is 13.2 Å².